The van der Waals surface area contributed by atoms with E-state index in [9.17, 15) is 0 Å². The van der Waals surface area contributed by atoms with Gasteiger partial charge in [0.15, 0.2) is 0 Å². The molecule has 0 saturated heterocycles. The average Bonchev–Trinajstić information content (AvgIpc) is 2.47. The van der Waals surface area contributed by atoms with Crippen LogP contribution < -0.4 is 4.90 Å². The Bertz CT molecular complexity index is 709. The van der Waals surface area contributed by atoms with Crippen LogP contribution in [0.1, 0.15) is 44.5 Å². The molecule has 0 fully saturated rings. The highest BCUT2D eigenvalue weighted by Gasteiger charge is 2.19. The highest BCUT2D eigenvalue weighted by molar-refractivity contribution is 5.76. The quantitative estimate of drug-likeness (QED) is 0.664. The van der Waals surface area contributed by atoms with Crippen LogP contribution in [0.4, 0.5) is 11.4 Å². The van der Waals surface area contributed by atoms with Gasteiger partial charge in [-0.3, -0.25) is 0 Å². The van der Waals surface area contributed by atoms with Gasteiger partial charge in [0.25, 0.3) is 0 Å². The van der Waals surface area contributed by atoms with Gasteiger partial charge in [-0.25, -0.2) is 0 Å². The fourth-order valence-corrected chi connectivity index (χ4v) is 3.55. The van der Waals surface area contributed by atoms with Crippen molar-refractivity contribution >= 4 is 11.4 Å². The Morgan fingerprint density at radius 3 is 1.41 bits per heavy atom. The standard InChI is InChI=1S/C21H29N/c1-12-10-11-13(2)20(14(12)3)22(9)21-18(7)16(5)15(4)17(6)19(21)8/h10-11H,1-9H3. The van der Waals surface area contributed by atoms with Crippen LogP contribution in [0.5, 0.6) is 0 Å². The van der Waals surface area contributed by atoms with Crippen molar-refractivity contribution in [3.05, 3.63) is 56.6 Å². The van der Waals surface area contributed by atoms with Gasteiger partial charge in [0, 0.05) is 18.4 Å². The smallest absolute Gasteiger partial charge is 0.0473 e. The zero-order valence-corrected chi connectivity index (χ0v) is 15.6. The van der Waals surface area contributed by atoms with E-state index in [2.05, 4.69) is 79.5 Å². The Kier molecular flexibility index (Phi) is 4.37. The van der Waals surface area contributed by atoms with Crippen molar-refractivity contribution in [3.63, 3.8) is 0 Å². The van der Waals surface area contributed by atoms with Crippen molar-refractivity contribution < 1.29 is 0 Å². The maximum absolute atomic E-state index is 2.39. The molecule has 2 aromatic rings. The molecule has 0 N–H and O–H groups in total. The van der Waals surface area contributed by atoms with Crippen molar-refractivity contribution in [2.45, 2.75) is 55.4 Å². The molecule has 0 saturated carbocycles. The summed E-state index contributed by atoms with van der Waals surface area (Å²) in [5.74, 6) is 0. The van der Waals surface area contributed by atoms with E-state index < -0.39 is 0 Å². The molecule has 0 heterocycles. The average molecular weight is 295 g/mol. The molecular formula is C21H29N. The summed E-state index contributed by atoms with van der Waals surface area (Å²) in [5, 5.41) is 0. The van der Waals surface area contributed by atoms with Gasteiger partial charge in [0.2, 0.25) is 0 Å². The topological polar surface area (TPSA) is 3.24 Å². The third-order valence-electron chi connectivity index (χ3n) is 5.53. The lowest BCUT2D eigenvalue weighted by molar-refractivity contribution is 1.08. The molecule has 118 valence electrons. The van der Waals surface area contributed by atoms with Crippen molar-refractivity contribution in [2.24, 2.45) is 0 Å². The molecule has 1 heteroatoms. The van der Waals surface area contributed by atoms with Crippen LogP contribution in [0.15, 0.2) is 12.1 Å². The first-order valence-electron chi connectivity index (χ1n) is 8.06. The van der Waals surface area contributed by atoms with E-state index in [4.69, 9.17) is 0 Å². The van der Waals surface area contributed by atoms with Gasteiger partial charge in [-0.05, 0) is 99.9 Å². The summed E-state index contributed by atoms with van der Waals surface area (Å²) in [4.78, 5) is 2.39. The van der Waals surface area contributed by atoms with E-state index in [1.54, 1.807) is 0 Å². The molecule has 0 aliphatic heterocycles. The normalized spacial score (nSPS) is 11.0. The number of benzene rings is 2. The molecule has 0 aromatic heterocycles. The minimum Gasteiger partial charge on any atom is -0.344 e. The second-order valence-electron chi connectivity index (χ2n) is 6.71. The van der Waals surface area contributed by atoms with Crippen LogP contribution in [0.3, 0.4) is 0 Å². The van der Waals surface area contributed by atoms with Crippen molar-refractivity contribution in [3.8, 4) is 0 Å². The maximum Gasteiger partial charge on any atom is 0.0473 e. The van der Waals surface area contributed by atoms with E-state index in [0.717, 1.165) is 0 Å². The summed E-state index contributed by atoms with van der Waals surface area (Å²) in [6.45, 7) is 17.8. The van der Waals surface area contributed by atoms with Gasteiger partial charge >= 0.3 is 0 Å². The predicted molar refractivity (Wildman–Crippen MR) is 98.8 cm³/mol. The highest BCUT2D eigenvalue weighted by Crippen LogP contribution is 2.38. The van der Waals surface area contributed by atoms with Gasteiger partial charge in [-0.15, -0.1) is 0 Å². The van der Waals surface area contributed by atoms with Crippen LogP contribution in [-0.4, -0.2) is 7.05 Å². The minimum atomic E-state index is 1.33. The van der Waals surface area contributed by atoms with Crippen molar-refractivity contribution in [1.29, 1.82) is 0 Å². The Balaban J connectivity index is 2.76. The zero-order valence-electron chi connectivity index (χ0n) is 15.6. The second-order valence-corrected chi connectivity index (χ2v) is 6.71. The third-order valence-corrected chi connectivity index (χ3v) is 5.53. The Morgan fingerprint density at radius 1 is 0.500 bits per heavy atom. The van der Waals surface area contributed by atoms with E-state index in [1.165, 1.54) is 55.9 Å². The fraction of sp³-hybridized carbons (Fsp3) is 0.429. The van der Waals surface area contributed by atoms with E-state index in [0.29, 0.717) is 0 Å². The van der Waals surface area contributed by atoms with E-state index >= 15 is 0 Å². The molecule has 1 nitrogen and oxygen atoms in total. The molecule has 0 amide bonds. The van der Waals surface area contributed by atoms with Crippen LogP contribution in [0.2, 0.25) is 0 Å². The fourth-order valence-electron chi connectivity index (χ4n) is 3.55. The molecule has 0 spiro atoms. The van der Waals surface area contributed by atoms with Crippen molar-refractivity contribution in [1.82, 2.24) is 0 Å². The molecule has 0 radical (unpaired) electrons. The van der Waals surface area contributed by atoms with Gasteiger partial charge < -0.3 is 4.90 Å². The molecule has 0 aliphatic rings. The molecule has 22 heavy (non-hydrogen) atoms. The summed E-state index contributed by atoms with van der Waals surface area (Å²) in [6, 6.07) is 4.44. The molecule has 0 bridgehead atoms. The summed E-state index contributed by atoms with van der Waals surface area (Å²) < 4.78 is 0. The Hall–Kier alpha value is -1.76. The number of aryl methyl sites for hydroxylation is 2. The third kappa shape index (κ3) is 2.43. The minimum absolute atomic E-state index is 1.33. The summed E-state index contributed by atoms with van der Waals surface area (Å²) in [5.41, 5.74) is 13.8. The van der Waals surface area contributed by atoms with Gasteiger partial charge in [0.1, 0.15) is 0 Å². The molecule has 2 aromatic carbocycles. The van der Waals surface area contributed by atoms with Crippen molar-refractivity contribution in [2.75, 3.05) is 11.9 Å². The molecule has 0 atom stereocenters. The molecule has 2 rings (SSSR count). The van der Waals surface area contributed by atoms with Crippen LogP contribution >= 0.6 is 0 Å². The second kappa shape index (κ2) is 5.79. The first kappa shape index (κ1) is 16.6. The summed E-state index contributed by atoms with van der Waals surface area (Å²) in [6.07, 6.45) is 0. The van der Waals surface area contributed by atoms with Crippen LogP contribution in [-0.2, 0) is 0 Å². The largest absolute Gasteiger partial charge is 0.344 e. The highest BCUT2D eigenvalue weighted by atomic mass is 15.1. The number of anilines is 2. The zero-order chi connectivity index (χ0) is 16.8. The van der Waals surface area contributed by atoms with E-state index in [-0.39, 0.29) is 0 Å². The lowest BCUT2D eigenvalue weighted by atomic mass is 9.91. The predicted octanol–water partition coefficient (Wildman–Crippen LogP) is 5.92. The number of hydrogen-bond acceptors (Lipinski definition) is 1. The summed E-state index contributed by atoms with van der Waals surface area (Å²) in [7, 11) is 2.21. The van der Waals surface area contributed by atoms with Gasteiger partial charge in [-0.1, -0.05) is 12.1 Å². The number of hydrogen-bond donors (Lipinski definition) is 0. The molecule has 0 unspecified atom stereocenters. The number of nitrogens with zero attached hydrogens (tertiary/aromatic N) is 1. The summed E-state index contributed by atoms with van der Waals surface area (Å²) >= 11 is 0. The Morgan fingerprint density at radius 2 is 0.909 bits per heavy atom. The number of rotatable bonds is 2. The lowest BCUT2D eigenvalue weighted by Crippen LogP contribution is -2.17. The molecular weight excluding hydrogens is 266 g/mol. The maximum atomic E-state index is 2.39. The molecule has 0 aliphatic carbocycles. The van der Waals surface area contributed by atoms with E-state index in [1.807, 2.05) is 0 Å². The van der Waals surface area contributed by atoms with Crippen LogP contribution in [0.25, 0.3) is 0 Å². The SMILES string of the molecule is Cc1ccc(C)c(N(C)c2c(C)c(C)c(C)c(C)c2C)c1C. The van der Waals surface area contributed by atoms with Gasteiger partial charge in [0.05, 0.1) is 0 Å². The van der Waals surface area contributed by atoms with Crippen LogP contribution in [0, 0.1) is 55.4 Å². The lowest BCUT2D eigenvalue weighted by Gasteiger charge is -2.30. The first-order valence-corrected chi connectivity index (χ1v) is 8.06. The van der Waals surface area contributed by atoms with Gasteiger partial charge in [-0.2, -0.15) is 0 Å². The monoisotopic (exact) mass is 295 g/mol. The Labute approximate surface area is 136 Å². The first-order chi connectivity index (χ1) is 10.2.